The van der Waals surface area contributed by atoms with Crippen LogP contribution in [0.3, 0.4) is 0 Å². The van der Waals surface area contributed by atoms with Crippen molar-refractivity contribution in [2.75, 3.05) is 13.3 Å². The Labute approximate surface area is 93.6 Å². The highest BCUT2D eigenvalue weighted by atomic mass is 32.2. The summed E-state index contributed by atoms with van der Waals surface area (Å²) in [6, 6.07) is 0.0674. The van der Waals surface area contributed by atoms with E-state index in [4.69, 9.17) is 0 Å². The van der Waals surface area contributed by atoms with Gasteiger partial charge in [-0.05, 0) is 33.2 Å². The predicted molar refractivity (Wildman–Crippen MR) is 63.7 cm³/mol. The van der Waals surface area contributed by atoms with Gasteiger partial charge in [-0.25, -0.2) is 8.42 Å². The molecule has 0 radical (unpaired) electrons. The molecule has 0 heterocycles. The second-order valence-electron chi connectivity index (χ2n) is 5.25. The van der Waals surface area contributed by atoms with Crippen LogP contribution in [0, 0.1) is 5.92 Å². The van der Waals surface area contributed by atoms with Crippen molar-refractivity contribution in [3.63, 3.8) is 0 Å². The highest BCUT2D eigenvalue weighted by molar-refractivity contribution is 7.92. The Hall–Kier alpha value is -0.0900. The van der Waals surface area contributed by atoms with Crippen LogP contribution in [0.4, 0.5) is 0 Å². The molecule has 1 rings (SSSR count). The molecular formula is C11H23NO2S. The summed E-state index contributed by atoms with van der Waals surface area (Å²) in [6.07, 6.45) is 6.14. The van der Waals surface area contributed by atoms with Crippen molar-refractivity contribution in [2.24, 2.45) is 5.92 Å². The fourth-order valence-corrected chi connectivity index (χ4v) is 2.80. The summed E-state index contributed by atoms with van der Waals surface area (Å²) in [5.41, 5.74) is 0. The maximum Gasteiger partial charge on any atom is 0.154 e. The first-order valence-corrected chi connectivity index (χ1v) is 7.55. The van der Waals surface area contributed by atoms with E-state index in [1.165, 1.54) is 25.5 Å². The van der Waals surface area contributed by atoms with Crippen molar-refractivity contribution in [1.82, 2.24) is 5.32 Å². The average molecular weight is 233 g/mol. The van der Waals surface area contributed by atoms with Gasteiger partial charge in [-0.15, -0.1) is 0 Å². The fourth-order valence-electron chi connectivity index (χ4n) is 2.07. The molecule has 3 nitrogen and oxygen atoms in total. The minimum Gasteiger partial charge on any atom is -0.315 e. The Morgan fingerprint density at radius 1 is 1.40 bits per heavy atom. The van der Waals surface area contributed by atoms with Gasteiger partial charge < -0.3 is 5.32 Å². The highest BCUT2D eigenvalue weighted by Crippen LogP contribution is 2.34. The monoisotopic (exact) mass is 233 g/mol. The number of nitrogens with one attached hydrogen (secondary N) is 1. The summed E-state index contributed by atoms with van der Waals surface area (Å²) in [5, 5.41) is 3.17. The van der Waals surface area contributed by atoms with Gasteiger partial charge in [-0.1, -0.05) is 19.3 Å². The average Bonchev–Trinajstić information content (AvgIpc) is 1.99. The molecular weight excluding hydrogens is 210 g/mol. The third-order valence-electron chi connectivity index (χ3n) is 3.94. The molecule has 0 spiro atoms. The van der Waals surface area contributed by atoms with E-state index in [2.05, 4.69) is 5.32 Å². The lowest BCUT2D eigenvalue weighted by Crippen LogP contribution is -2.51. The smallest absolute Gasteiger partial charge is 0.154 e. The first-order chi connectivity index (χ1) is 6.79. The maximum absolute atomic E-state index is 11.7. The van der Waals surface area contributed by atoms with E-state index in [1.807, 2.05) is 20.9 Å². The number of hydrogen-bond donors (Lipinski definition) is 1. The van der Waals surface area contributed by atoms with E-state index in [0.717, 1.165) is 12.3 Å². The van der Waals surface area contributed by atoms with Crippen molar-refractivity contribution in [3.8, 4) is 0 Å². The van der Waals surface area contributed by atoms with E-state index in [1.54, 1.807) is 0 Å². The molecule has 0 aromatic carbocycles. The first kappa shape index (κ1) is 13.0. The van der Waals surface area contributed by atoms with Gasteiger partial charge in [0, 0.05) is 12.3 Å². The van der Waals surface area contributed by atoms with Crippen LogP contribution in [-0.4, -0.2) is 32.5 Å². The molecule has 0 aliphatic heterocycles. The molecule has 1 atom stereocenters. The second kappa shape index (κ2) is 4.42. The minimum absolute atomic E-state index is 0.0674. The lowest BCUT2D eigenvalue weighted by molar-refractivity contribution is 0.245. The van der Waals surface area contributed by atoms with Crippen molar-refractivity contribution in [2.45, 2.75) is 50.3 Å². The summed E-state index contributed by atoms with van der Waals surface area (Å²) in [7, 11) is -1.15. The van der Waals surface area contributed by atoms with Crippen molar-refractivity contribution in [3.05, 3.63) is 0 Å². The molecule has 4 heteroatoms. The largest absolute Gasteiger partial charge is 0.315 e. The van der Waals surface area contributed by atoms with Crippen LogP contribution in [0.15, 0.2) is 0 Å². The topological polar surface area (TPSA) is 46.2 Å². The summed E-state index contributed by atoms with van der Waals surface area (Å²) in [6.45, 7) is 3.64. The van der Waals surface area contributed by atoms with Gasteiger partial charge in [-0.2, -0.15) is 0 Å². The lowest BCUT2D eigenvalue weighted by Gasteiger charge is -2.37. The maximum atomic E-state index is 11.7. The normalized spacial score (nSPS) is 21.1. The van der Waals surface area contributed by atoms with Crippen LogP contribution in [0.5, 0.6) is 0 Å². The molecule has 0 saturated heterocycles. The Balaban J connectivity index is 2.71. The standard InChI is InChI=1S/C11H23NO2S/c1-11(2,15(4,13)14)10(12-3)8-9-6-5-7-9/h9-10,12H,5-8H2,1-4H3. The number of hydrogen-bond acceptors (Lipinski definition) is 3. The second-order valence-corrected chi connectivity index (χ2v) is 7.85. The Kier molecular flexibility index (Phi) is 3.82. The Morgan fingerprint density at radius 2 is 1.93 bits per heavy atom. The zero-order chi connectivity index (χ0) is 11.7. The van der Waals surface area contributed by atoms with E-state index >= 15 is 0 Å². The fraction of sp³-hybridized carbons (Fsp3) is 1.00. The SMILES string of the molecule is CNC(CC1CCC1)C(C)(C)S(C)(=O)=O. The van der Waals surface area contributed by atoms with Crippen LogP contribution >= 0.6 is 0 Å². The highest BCUT2D eigenvalue weighted by Gasteiger charge is 2.39. The Morgan fingerprint density at radius 3 is 2.20 bits per heavy atom. The van der Waals surface area contributed by atoms with Crippen molar-refractivity contribution >= 4 is 9.84 Å². The molecule has 1 fully saturated rings. The number of rotatable bonds is 5. The van der Waals surface area contributed by atoms with Crippen LogP contribution in [0.25, 0.3) is 0 Å². The molecule has 1 N–H and O–H groups in total. The molecule has 1 saturated carbocycles. The summed E-state index contributed by atoms with van der Waals surface area (Å²) in [4.78, 5) is 0. The summed E-state index contributed by atoms with van der Waals surface area (Å²) >= 11 is 0. The molecule has 0 aromatic rings. The van der Waals surface area contributed by atoms with Crippen LogP contribution < -0.4 is 5.32 Å². The van der Waals surface area contributed by atoms with Gasteiger partial charge in [0.1, 0.15) is 0 Å². The molecule has 1 unspecified atom stereocenters. The molecule has 0 aromatic heterocycles. The van der Waals surface area contributed by atoms with Gasteiger partial charge in [0.05, 0.1) is 4.75 Å². The molecule has 0 bridgehead atoms. The van der Waals surface area contributed by atoms with E-state index < -0.39 is 14.6 Å². The van der Waals surface area contributed by atoms with Gasteiger partial charge >= 0.3 is 0 Å². The summed E-state index contributed by atoms with van der Waals surface area (Å²) < 4.78 is 22.7. The molecule has 15 heavy (non-hydrogen) atoms. The number of sulfone groups is 1. The predicted octanol–water partition coefficient (Wildman–Crippen LogP) is 1.59. The molecule has 90 valence electrons. The van der Waals surface area contributed by atoms with Crippen LogP contribution in [0.2, 0.25) is 0 Å². The Bertz CT molecular complexity index is 305. The van der Waals surface area contributed by atoms with Gasteiger partial charge in [-0.3, -0.25) is 0 Å². The van der Waals surface area contributed by atoms with E-state index in [-0.39, 0.29) is 6.04 Å². The van der Waals surface area contributed by atoms with Crippen LogP contribution in [-0.2, 0) is 9.84 Å². The van der Waals surface area contributed by atoms with Gasteiger partial charge in [0.2, 0.25) is 0 Å². The van der Waals surface area contributed by atoms with Crippen LogP contribution in [0.1, 0.15) is 39.5 Å². The quantitative estimate of drug-likeness (QED) is 0.784. The third-order valence-corrected chi connectivity index (χ3v) is 6.13. The zero-order valence-electron chi connectivity index (χ0n) is 10.2. The molecule has 1 aliphatic carbocycles. The van der Waals surface area contributed by atoms with E-state index in [9.17, 15) is 8.42 Å². The summed E-state index contributed by atoms with van der Waals surface area (Å²) in [5.74, 6) is 0.725. The molecule has 1 aliphatic rings. The first-order valence-electron chi connectivity index (χ1n) is 5.66. The zero-order valence-corrected chi connectivity index (χ0v) is 11.0. The van der Waals surface area contributed by atoms with Gasteiger partial charge in [0.15, 0.2) is 9.84 Å². The molecule has 0 amide bonds. The van der Waals surface area contributed by atoms with E-state index in [0.29, 0.717) is 0 Å². The lowest BCUT2D eigenvalue weighted by atomic mass is 9.78. The minimum atomic E-state index is -3.01. The van der Waals surface area contributed by atoms with Crippen molar-refractivity contribution in [1.29, 1.82) is 0 Å². The van der Waals surface area contributed by atoms with Crippen molar-refractivity contribution < 1.29 is 8.42 Å². The third kappa shape index (κ3) is 2.72. The van der Waals surface area contributed by atoms with Gasteiger partial charge in [0.25, 0.3) is 0 Å².